The van der Waals surface area contributed by atoms with Crippen LogP contribution in [-0.2, 0) is 22.7 Å². The van der Waals surface area contributed by atoms with Crippen molar-refractivity contribution in [1.82, 2.24) is 9.80 Å². The maximum atomic E-state index is 14.0. The SMILES string of the molecule is CCC1(C(=O)N(CCCC(=O)O)Cc2cccc(Cl)c2)CCN1Cc1csc2ccccc12. The number of thiophene rings is 1. The minimum atomic E-state index is -0.843. The molecule has 0 bridgehead atoms. The molecular formula is C26H29ClN2O3S. The zero-order chi connectivity index (χ0) is 23.4. The molecule has 1 aromatic heterocycles. The van der Waals surface area contributed by atoms with E-state index in [0.717, 1.165) is 31.5 Å². The van der Waals surface area contributed by atoms with Crippen molar-refractivity contribution in [3.63, 3.8) is 0 Å². The highest BCUT2D eigenvalue weighted by Gasteiger charge is 2.51. The van der Waals surface area contributed by atoms with E-state index in [1.807, 2.05) is 29.2 Å². The van der Waals surface area contributed by atoms with Crippen LogP contribution in [0.5, 0.6) is 0 Å². The van der Waals surface area contributed by atoms with Crippen LogP contribution in [0.15, 0.2) is 53.9 Å². The van der Waals surface area contributed by atoms with Crippen LogP contribution in [0.1, 0.15) is 43.7 Å². The Morgan fingerprint density at radius 2 is 2.03 bits per heavy atom. The second kappa shape index (κ2) is 10.2. The molecule has 0 aliphatic carbocycles. The Labute approximate surface area is 203 Å². The summed E-state index contributed by atoms with van der Waals surface area (Å²) in [5.74, 6) is -0.758. The fourth-order valence-corrected chi connectivity index (χ4v) is 5.92. The third-order valence-electron chi connectivity index (χ3n) is 6.67. The van der Waals surface area contributed by atoms with Gasteiger partial charge >= 0.3 is 5.97 Å². The first-order chi connectivity index (χ1) is 15.9. The van der Waals surface area contributed by atoms with Gasteiger partial charge < -0.3 is 10.0 Å². The van der Waals surface area contributed by atoms with E-state index in [2.05, 4.69) is 41.5 Å². The van der Waals surface area contributed by atoms with E-state index in [1.54, 1.807) is 11.3 Å². The number of nitrogens with zero attached hydrogens (tertiary/aromatic N) is 2. The molecule has 1 saturated heterocycles. The molecule has 1 N–H and O–H groups in total. The number of carbonyl (C=O) groups excluding carboxylic acids is 1. The molecule has 0 saturated carbocycles. The van der Waals surface area contributed by atoms with Gasteiger partial charge in [-0.1, -0.05) is 48.9 Å². The lowest BCUT2D eigenvalue weighted by Gasteiger charge is -2.53. The number of benzene rings is 2. The van der Waals surface area contributed by atoms with Crippen LogP contribution in [0, 0.1) is 0 Å². The van der Waals surface area contributed by atoms with Crippen molar-refractivity contribution >= 4 is 44.9 Å². The molecule has 0 radical (unpaired) electrons. The summed E-state index contributed by atoms with van der Waals surface area (Å²) in [6, 6.07) is 15.9. The molecule has 33 heavy (non-hydrogen) atoms. The van der Waals surface area contributed by atoms with E-state index in [9.17, 15) is 9.59 Å². The number of likely N-dealkylation sites (tertiary alicyclic amines) is 1. The van der Waals surface area contributed by atoms with Crippen molar-refractivity contribution in [3.8, 4) is 0 Å². The average molecular weight is 485 g/mol. The van der Waals surface area contributed by atoms with Crippen molar-refractivity contribution in [2.24, 2.45) is 0 Å². The van der Waals surface area contributed by atoms with Crippen molar-refractivity contribution in [3.05, 3.63) is 70.1 Å². The van der Waals surface area contributed by atoms with Gasteiger partial charge in [-0.25, -0.2) is 0 Å². The van der Waals surface area contributed by atoms with Crippen LogP contribution in [0.4, 0.5) is 0 Å². The van der Waals surface area contributed by atoms with Gasteiger partial charge in [-0.2, -0.15) is 0 Å². The van der Waals surface area contributed by atoms with Gasteiger partial charge in [0.25, 0.3) is 0 Å². The van der Waals surface area contributed by atoms with Gasteiger partial charge in [0.15, 0.2) is 0 Å². The average Bonchev–Trinajstić information content (AvgIpc) is 3.19. The summed E-state index contributed by atoms with van der Waals surface area (Å²) >= 11 is 7.91. The minimum absolute atomic E-state index is 0.0447. The third kappa shape index (κ3) is 5.08. The first kappa shape index (κ1) is 23.7. The first-order valence-electron chi connectivity index (χ1n) is 11.4. The highest BCUT2D eigenvalue weighted by molar-refractivity contribution is 7.17. The fraction of sp³-hybridized carbons (Fsp3) is 0.385. The van der Waals surface area contributed by atoms with E-state index in [0.29, 0.717) is 24.5 Å². The molecule has 1 fully saturated rings. The predicted octanol–water partition coefficient (Wildman–Crippen LogP) is 5.80. The van der Waals surface area contributed by atoms with E-state index < -0.39 is 11.5 Å². The van der Waals surface area contributed by atoms with Crippen LogP contribution in [0.3, 0.4) is 0 Å². The maximum Gasteiger partial charge on any atom is 0.303 e. The molecule has 1 aliphatic heterocycles. The smallest absolute Gasteiger partial charge is 0.303 e. The summed E-state index contributed by atoms with van der Waals surface area (Å²) in [5, 5.41) is 13.2. The molecule has 1 amide bonds. The van der Waals surface area contributed by atoms with Gasteiger partial charge in [0.2, 0.25) is 5.91 Å². The zero-order valence-electron chi connectivity index (χ0n) is 18.8. The maximum absolute atomic E-state index is 14.0. The summed E-state index contributed by atoms with van der Waals surface area (Å²) in [5.41, 5.74) is 1.66. The van der Waals surface area contributed by atoms with Crippen molar-refractivity contribution in [1.29, 1.82) is 0 Å². The fourth-order valence-electron chi connectivity index (χ4n) is 4.75. The summed E-state index contributed by atoms with van der Waals surface area (Å²) in [4.78, 5) is 29.2. The number of carboxylic acid groups (broad SMARTS) is 1. The van der Waals surface area contributed by atoms with Crippen LogP contribution >= 0.6 is 22.9 Å². The lowest BCUT2D eigenvalue weighted by atomic mass is 9.80. The number of carbonyl (C=O) groups is 2. The van der Waals surface area contributed by atoms with Crippen LogP contribution in [0.2, 0.25) is 5.02 Å². The van der Waals surface area contributed by atoms with Gasteiger partial charge in [0.05, 0.1) is 0 Å². The van der Waals surface area contributed by atoms with Crippen molar-refractivity contribution in [2.45, 2.75) is 51.2 Å². The Bertz CT molecular complexity index is 1140. The van der Waals surface area contributed by atoms with Gasteiger partial charge in [0.1, 0.15) is 5.54 Å². The third-order valence-corrected chi connectivity index (χ3v) is 7.92. The van der Waals surface area contributed by atoms with Crippen molar-refractivity contribution in [2.75, 3.05) is 13.1 Å². The monoisotopic (exact) mass is 484 g/mol. The Morgan fingerprint density at radius 1 is 1.21 bits per heavy atom. The molecule has 0 spiro atoms. The predicted molar refractivity (Wildman–Crippen MR) is 134 cm³/mol. The molecule has 5 nitrogen and oxygen atoms in total. The van der Waals surface area contributed by atoms with Crippen molar-refractivity contribution < 1.29 is 14.7 Å². The van der Waals surface area contributed by atoms with Gasteiger partial charge in [-0.3, -0.25) is 14.5 Å². The molecule has 3 aromatic rings. The minimum Gasteiger partial charge on any atom is -0.481 e. The molecular weight excluding hydrogens is 456 g/mol. The number of aliphatic carboxylic acids is 1. The summed E-state index contributed by atoms with van der Waals surface area (Å²) < 4.78 is 1.26. The second-order valence-corrected chi connectivity index (χ2v) is 10.0. The number of hydrogen-bond donors (Lipinski definition) is 1. The Morgan fingerprint density at radius 3 is 2.73 bits per heavy atom. The normalized spacial score (nSPS) is 18.2. The summed E-state index contributed by atoms with van der Waals surface area (Å²) in [7, 11) is 0. The highest BCUT2D eigenvalue weighted by atomic mass is 35.5. The Balaban J connectivity index is 1.55. The lowest BCUT2D eigenvalue weighted by Crippen LogP contribution is -2.67. The largest absolute Gasteiger partial charge is 0.481 e. The van der Waals surface area contributed by atoms with Crippen LogP contribution in [0.25, 0.3) is 10.1 Å². The number of carboxylic acids is 1. The molecule has 174 valence electrons. The summed E-state index contributed by atoms with van der Waals surface area (Å²) in [6.45, 7) is 4.53. The first-order valence-corrected chi connectivity index (χ1v) is 12.6. The number of amides is 1. The van der Waals surface area contributed by atoms with E-state index in [1.165, 1.54) is 15.6 Å². The Hall–Kier alpha value is -2.41. The quantitative estimate of drug-likeness (QED) is 0.395. The number of halogens is 1. The van der Waals surface area contributed by atoms with E-state index >= 15 is 0 Å². The summed E-state index contributed by atoms with van der Waals surface area (Å²) in [6.07, 6.45) is 2.01. The van der Waals surface area contributed by atoms with E-state index in [4.69, 9.17) is 16.7 Å². The van der Waals surface area contributed by atoms with E-state index in [-0.39, 0.29) is 12.3 Å². The topological polar surface area (TPSA) is 60.9 Å². The molecule has 4 rings (SSSR count). The zero-order valence-corrected chi connectivity index (χ0v) is 20.4. The molecule has 7 heteroatoms. The van der Waals surface area contributed by atoms with Crippen LogP contribution < -0.4 is 0 Å². The number of fused-ring (bicyclic) bond motifs is 1. The highest BCUT2D eigenvalue weighted by Crippen LogP contribution is 2.39. The Kier molecular flexibility index (Phi) is 7.37. The molecule has 2 heterocycles. The lowest BCUT2D eigenvalue weighted by molar-refractivity contribution is -0.157. The molecule has 1 atom stereocenters. The molecule has 1 aliphatic rings. The van der Waals surface area contributed by atoms with Gasteiger partial charge in [0, 0.05) is 42.3 Å². The number of hydrogen-bond acceptors (Lipinski definition) is 4. The van der Waals surface area contributed by atoms with Gasteiger partial charge in [-0.05, 0) is 59.4 Å². The molecule has 2 aromatic carbocycles. The van der Waals surface area contributed by atoms with Gasteiger partial charge in [-0.15, -0.1) is 11.3 Å². The standard InChI is InChI=1S/C26H29ClN2O3S/c1-2-26(12-14-29(26)17-20-18-33-23-10-4-3-9-22(20)23)25(32)28(13-6-11-24(30)31)16-19-7-5-8-21(27)15-19/h3-5,7-10,15,18H,2,6,11-14,16-17H2,1H3,(H,30,31). The molecule has 1 unspecified atom stereocenters. The van der Waals surface area contributed by atoms with Crippen LogP contribution in [-0.4, -0.2) is 45.4 Å². The second-order valence-electron chi connectivity index (χ2n) is 8.67. The number of rotatable bonds is 10.